The summed E-state index contributed by atoms with van der Waals surface area (Å²) in [6, 6.07) is 0. The van der Waals surface area contributed by atoms with Crippen molar-refractivity contribution in [1.82, 2.24) is 20.4 Å². The molecule has 0 atom stereocenters. The first-order valence-electron chi connectivity index (χ1n) is 6.17. The van der Waals surface area contributed by atoms with Crippen LogP contribution in [0.3, 0.4) is 0 Å². The molecule has 9 heteroatoms. The summed E-state index contributed by atoms with van der Waals surface area (Å²) >= 11 is 1.22. The maximum absolute atomic E-state index is 12.0. The predicted octanol–water partition coefficient (Wildman–Crippen LogP) is 1.17. The second-order valence-corrected chi connectivity index (χ2v) is 5.07. The summed E-state index contributed by atoms with van der Waals surface area (Å²) in [4.78, 5) is 20.5. The van der Waals surface area contributed by atoms with Gasteiger partial charge in [0.1, 0.15) is 10.7 Å². The molecule has 0 aliphatic heterocycles. The Bertz CT molecular complexity index is 594. The van der Waals surface area contributed by atoms with Gasteiger partial charge in [-0.05, 0) is 6.42 Å². The highest BCUT2D eigenvalue weighted by Crippen LogP contribution is 2.24. The molecule has 0 aromatic carbocycles. The first kappa shape index (κ1) is 14.3. The van der Waals surface area contributed by atoms with Gasteiger partial charge in [0.25, 0.3) is 5.91 Å². The molecule has 2 aromatic heterocycles. The number of nitrogen functional groups attached to an aromatic ring is 1. The molecule has 0 saturated heterocycles. The van der Waals surface area contributed by atoms with E-state index in [1.54, 1.807) is 6.92 Å². The van der Waals surface area contributed by atoms with Gasteiger partial charge >= 0.3 is 0 Å². The van der Waals surface area contributed by atoms with Gasteiger partial charge in [-0.1, -0.05) is 23.4 Å². The fourth-order valence-corrected chi connectivity index (χ4v) is 2.28. The maximum atomic E-state index is 12.0. The van der Waals surface area contributed by atoms with Crippen molar-refractivity contribution in [2.45, 2.75) is 26.8 Å². The van der Waals surface area contributed by atoms with Crippen molar-refractivity contribution in [2.75, 3.05) is 17.6 Å². The Labute approximate surface area is 119 Å². The van der Waals surface area contributed by atoms with Gasteiger partial charge in [-0.15, -0.1) is 0 Å². The normalized spacial score (nSPS) is 10.5. The third-order valence-electron chi connectivity index (χ3n) is 2.36. The van der Waals surface area contributed by atoms with Crippen LogP contribution in [0.2, 0.25) is 0 Å². The molecular formula is C11H16N6O2S. The number of hydrogen-bond donors (Lipinski definition) is 3. The quantitative estimate of drug-likeness (QED) is 0.732. The highest BCUT2D eigenvalue weighted by Gasteiger charge is 2.16. The zero-order valence-electron chi connectivity index (χ0n) is 11.3. The average Bonchev–Trinajstić information content (AvgIpc) is 3.00. The second kappa shape index (κ2) is 6.33. The number of hydrogen-bond acceptors (Lipinski definition) is 8. The molecular weight excluding hydrogens is 280 g/mol. The van der Waals surface area contributed by atoms with E-state index in [2.05, 4.69) is 25.8 Å². The Hall–Kier alpha value is -2.16. The number of carbonyl (C=O) groups excluding carboxylic acids is 1. The van der Waals surface area contributed by atoms with Crippen LogP contribution in [0.5, 0.6) is 0 Å². The predicted molar refractivity (Wildman–Crippen MR) is 75.5 cm³/mol. The van der Waals surface area contributed by atoms with Gasteiger partial charge in [-0.2, -0.15) is 4.98 Å². The number of nitrogens with one attached hydrogen (secondary N) is 2. The standard InChI is InChI=1S/C11H16N6O2S/c1-3-4-13-11-16-9(12)8(20-11)10(18)14-5-7-15-6(2)19-17-7/h3-5,12H2,1-2H3,(H,13,16)(H,14,18). The van der Waals surface area contributed by atoms with Crippen molar-refractivity contribution in [3.63, 3.8) is 0 Å². The fraction of sp³-hybridized carbons (Fsp3) is 0.455. The van der Waals surface area contributed by atoms with Crippen LogP contribution in [0.25, 0.3) is 0 Å². The Kier molecular flexibility index (Phi) is 4.51. The first-order chi connectivity index (χ1) is 9.60. The molecule has 0 aliphatic rings. The van der Waals surface area contributed by atoms with Gasteiger partial charge < -0.3 is 20.9 Å². The second-order valence-electron chi connectivity index (χ2n) is 4.07. The number of aromatic nitrogens is 3. The van der Waals surface area contributed by atoms with Gasteiger partial charge in [0.05, 0.1) is 6.54 Å². The molecule has 8 nitrogen and oxygen atoms in total. The Balaban J connectivity index is 1.96. The fourth-order valence-electron chi connectivity index (χ4n) is 1.45. The molecule has 0 radical (unpaired) electrons. The van der Waals surface area contributed by atoms with E-state index in [9.17, 15) is 4.79 Å². The summed E-state index contributed by atoms with van der Waals surface area (Å²) in [5.74, 6) is 0.795. The third-order valence-corrected chi connectivity index (χ3v) is 3.39. The summed E-state index contributed by atoms with van der Waals surface area (Å²) in [5.41, 5.74) is 5.74. The lowest BCUT2D eigenvalue weighted by Crippen LogP contribution is -2.23. The van der Waals surface area contributed by atoms with Gasteiger partial charge in [0, 0.05) is 13.5 Å². The lowest BCUT2D eigenvalue weighted by molar-refractivity contribution is 0.0954. The number of rotatable bonds is 6. The minimum Gasteiger partial charge on any atom is -0.382 e. The largest absolute Gasteiger partial charge is 0.382 e. The number of nitrogens with two attached hydrogens (primary N) is 1. The monoisotopic (exact) mass is 296 g/mol. The van der Waals surface area contributed by atoms with Crippen LogP contribution in [0.15, 0.2) is 4.52 Å². The van der Waals surface area contributed by atoms with E-state index >= 15 is 0 Å². The van der Waals surface area contributed by atoms with Crippen molar-refractivity contribution in [2.24, 2.45) is 0 Å². The number of amides is 1. The molecule has 2 aromatic rings. The van der Waals surface area contributed by atoms with E-state index in [-0.39, 0.29) is 18.3 Å². The summed E-state index contributed by atoms with van der Waals surface area (Å²) in [6.45, 7) is 4.71. The smallest absolute Gasteiger partial charge is 0.265 e. The van der Waals surface area contributed by atoms with Crippen molar-refractivity contribution in [3.8, 4) is 0 Å². The summed E-state index contributed by atoms with van der Waals surface area (Å²) < 4.78 is 4.82. The SMILES string of the molecule is CCCNc1nc(N)c(C(=O)NCc2noc(C)n2)s1. The molecule has 0 saturated carbocycles. The van der Waals surface area contributed by atoms with Gasteiger partial charge in [0.2, 0.25) is 5.89 Å². The molecule has 0 fully saturated rings. The van der Waals surface area contributed by atoms with E-state index in [4.69, 9.17) is 10.3 Å². The van der Waals surface area contributed by atoms with Crippen LogP contribution in [0.4, 0.5) is 10.9 Å². The molecule has 4 N–H and O–H groups in total. The van der Waals surface area contributed by atoms with Crippen LogP contribution in [-0.4, -0.2) is 27.6 Å². The van der Waals surface area contributed by atoms with Crippen LogP contribution in [-0.2, 0) is 6.54 Å². The first-order valence-corrected chi connectivity index (χ1v) is 6.99. The lowest BCUT2D eigenvalue weighted by Gasteiger charge is -1.99. The van der Waals surface area contributed by atoms with Gasteiger partial charge in [-0.3, -0.25) is 4.79 Å². The van der Waals surface area contributed by atoms with E-state index in [1.807, 2.05) is 6.92 Å². The number of anilines is 2. The molecule has 20 heavy (non-hydrogen) atoms. The van der Waals surface area contributed by atoms with E-state index in [0.717, 1.165) is 13.0 Å². The van der Waals surface area contributed by atoms with Crippen molar-refractivity contribution in [3.05, 3.63) is 16.6 Å². The van der Waals surface area contributed by atoms with Crippen LogP contribution in [0.1, 0.15) is 34.7 Å². The Morgan fingerprint density at radius 2 is 2.25 bits per heavy atom. The Morgan fingerprint density at radius 1 is 1.45 bits per heavy atom. The summed E-state index contributed by atoms with van der Waals surface area (Å²) in [5, 5.41) is 10.1. The minimum atomic E-state index is -0.299. The topological polar surface area (TPSA) is 119 Å². The van der Waals surface area contributed by atoms with E-state index < -0.39 is 0 Å². The zero-order chi connectivity index (χ0) is 14.5. The van der Waals surface area contributed by atoms with Crippen LogP contribution < -0.4 is 16.4 Å². The highest BCUT2D eigenvalue weighted by atomic mass is 32.1. The zero-order valence-corrected chi connectivity index (χ0v) is 12.1. The maximum Gasteiger partial charge on any atom is 0.265 e. The van der Waals surface area contributed by atoms with Gasteiger partial charge in [-0.25, -0.2) is 4.98 Å². The van der Waals surface area contributed by atoms with Crippen molar-refractivity contribution >= 4 is 28.2 Å². The molecule has 2 heterocycles. The number of aryl methyl sites for hydroxylation is 1. The van der Waals surface area contributed by atoms with Gasteiger partial charge in [0.15, 0.2) is 11.0 Å². The molecule has 108 valence electrons. The van der Waals surface area contributed by atoms with Crippen molar-refractivity contribution in [1.29, 1.82) is 0 Å². The molecule has 2 rings (SSSR count). The van der Waals surface area contributed by atoms with Crippen LogP contribution >= 0.6 is 11.3 Å². The molecule has 1 amide bonds. The van der Waals surface area contributed by atoms with Crippen LogP contribution in [0, 0.1) is 6.92 Å². The molecule has 0 aliphatic carbocycles. The number of thiazole rings is 1. The van der Waals surface area contributed by atoms with E-state index in [1.165, 1.54) is 11.3 Å². The van der Waals surface area contributed by atoms with Crippen molar-refractivity contribution < 1.29 is 9.32 Å². The lowest BCUT2D eigenvalue weighted by atomic mass is 10.4. The summed E-state index contributed by atoms with van der Waals surface area (Å²) in [6.07, 6.45) is 0.970. The number of nitrogens with zero attached hydrogens (tertiary/aromatic N) is 3. The Morgan fingerprint density at radius 3 is 2.90 bits per heavy atom. The highest BCUT2D eigenvalue weighted by molar-refractivity contribution is 7.18. The average molecular weight is 296 g/mol. The minimum absolute atomic E-state index is 0.186. The molecule has 0 spiro atoms. The summed E-state index contributed by atoms with van der Waals surface area (Å²) in [7, 11) is 0. The molecule has 0 unspecified atom stereocenters. The number of carbonyl (C=O) groups is 1. The van der Waals surface area contributed by atoms with E-state index in [0.29, 0.717) is 21.7 Å². The molecule has 0 bridgehead atoms. The third kappa shape index (κ3) is 3.44.